The molecule has 1 amide bonds. The molecule has 0 aromatic carbocycles. The molecule has 0 saturated carbocycles. The zero-order valence-corrected chi connectivity index (χ0v) is 6.75. The molecule has 3 nitrogen and oxygen atoms in total. The molecule has 3 heteroatoms. The molecular formula is C8H13NO2. The predicted molar refractivity (Wildman–Crippen MR) is 40.1 cm³/mol. The van der Waals surface area contributed by atoms with Crippen molar-refractivity contribution in [2.24, 2.45) is 5.92 Å². The van der Waals surface area contributed by atoms with E-state index in [1.54, 1.807) is 0 Å². The topological polar surface area (TPSA) is 32.8 Å². The lowest BCUT2D eigenvalue weighted by atomic mass is 10.2. The monoisotopic (exact) mass is 155 g/mol. The molecule has 0 aliphatic carbocycles. The number of nitrogens with zero attached hydrogens (tertiary/aromatic N) is 1. The van der Waals surface area contributed by atoms with Crippen LogP contribution in [0.2, 0.25) is 0 Å². The number of hydrogen-bond donors (Lipinski definition) is 0. The number of carbonyl (C=O) groups excluding carboxylic acids is 1. The number of likely N-dealkylation sites (tertiary alicyclic amines) is 1. The maximum Gasteiger partial charge on any atom is 0.223 e. The third-order valence-corrected chi connectivity index (χ3v) is 2.23. The smallest absolute Gasteiger partial charge is 0.223 e. The van der Waals surface area contributed by atoms with Crippen molar-refractivity contribution in [2.75, 3.05) is 19.7 Å². The van der Waals surface area contributed by atoms with Crippen molar-refractivity contribution in [1.29, 1.82) is 0 Å². The van der Waals surface area contributed by atoms with Gasteiger partial charge in [-0.1, -0.05) is 6.92 Å². The summed E-state index contributed by atoms with van der Waals surface area (Å²) >= 11 is 0. The van der Waals surface area contributed by atoms with Crippen LogP contribution in [-0.4, -0.2) is 36.6 Å². The summed E-state index contributed by atoms with van der Waals surface area (Å²) in [5, 5.41) is 0. The van der Waals surface area contributed by atoms with Gasteiger partial charge in [-0.15, -0.1) is 0 Å². The number of epoxide rings is 1. The largest absolute Gasteiger partial charge is 0.371 e. The van der Waals surface area contributed by atoms with E-state index < -0.39 is 0 Å². The Bertz CT molecular complexity index is 177. The number of hydrogen-bond acceptors (Lipinski definition) is 2. The minimum atomic E-state index is 0.299. The number of ether oxygens (including phenoxy) is 1. The van der Waals surface area contributed by atoms with Crippen LogP contribution in [0.4, 0.5) is 0 Å². The van der Waals surface area contributed by atoms with Gasteiger partial charge in [0.25, 0.3) is 0 Å². The lowest BCUT2D eigenvalue weighted by Crippen LogP contribution is -2.29. The third-order valence-electron chi connectivity index (χ3n) is 2.23. The molecular weight excluding hydrogens is 142 g/mol. The average molecular weight is 155 g/mol. The normalized spacial score (nSPS) is 36.5. The molecule has 2 unspecified atom stereocenters. The summed E-state index contributed by atoms with van der Waals surface area (Å²) in [7, 11) is 0. The Labute approximate surface area is 66.3 Å². The summed E-state index contributed by atoms with van der Waals surface area (Å²) in [4.78, 5) is 13.1. The zero-order chi connectivity index (χ0) is 7.84. The highest BCUT2D eigenvalue weighted by atomic mass is 16.6. The van der Waals surface area contributed by atoms with E-state index in [-0.39, 0.29) is 0 Å². The van der Waals surface area contributed by atoms with Crippen molar-refractivity contribution in [3.63, 3.8) is 0 Å². The second-order valence-corrected chi connectivity index (χ2v) is 3.56. The van der Waals surface area contributed by atoms with E-state index in [0.29, 0.717) is 17.9 Å². The second-order valence-electron chi connectivity index (χ2n) is 3.56. The van der Waals surface area contributed by atoms with Gasteiger partial charge in [0.15, 0.2) is 0 Å². The minimum absolute atomic E-state index is 0.299. The van der Waals surface area contributed by atoms with E-state index in [4.69, 9.17) is 4.74 Å². The maximum atomic E-state index is 11.2. The van der Waals surface area contributed by atoms with E-state index in [9.17, 15) is 4.79 Å². The summed E-state index contributed by atoms with van der Waals surface area (Å²) in [6.07, 6.45) is 1.08. The van der Waals surface area contributed by atoms with Crippen molar-refractivity contribution in [1.82, 2.24) is 4.90 Å². The molecule has 0 aromatic rings. The van der Waals surface area contributed by atoms with Crippen molar-refractivity contribution in [2.45, 2.75) is 19.4 Å². The Hall–Kier alpha value is -0.570. The van der Waals surface area contributed by atoms with Crippen LogP contribution < -0.4 is 0 Å². The van der Waals surface area contributed by atoms with E-state index in [2.05, 4.69) is 6.92 Å². The second kappa shape index (κ2) is 2.48. The molecule has 0 bridgehead atoms. The molecule has 0 N–H and O–H groups in total. The SMILES string of the molecule is CC1CC(=O)N(CC2CO2)C1. The molecule has 2 aliphatic rings. The van der Waals surface area contributed by atoms with Gasteiger partial charge in [0.2, 0.25) is 5.91 Å². The Morgan fingerprint density at radius 3 is 2.91 bits per heavy atom. The van der Waals surface area contributed by atoms with Gasteiger partial charge >= 0.3 is 0 Å². The highest BCUT2D eigenvalue weighted by molar-refractivity contribution is 5.78. The Kier molecular flexibility index (Phi) is 1.60. The van der Waals surface area contributed by atoms with Crippen LogP contribution in [0.1, 0.15) is 13.3 Å². The first-order chi connectivity index (χ1) is 5.25. The molecule has 2 rings (SSSR count). The fourth-order valence-electron chi connectivity index (χ4n) is 1.57. The molecule has 0 spiro atoms. The van der Waals surface area contributed by atoms with Gasteiger partial charge in [-0.3, -0.25) is 4.79 Å². The average Bonchev–Trinajstić information content (AvgIpc) is 2.64. The van der Waals surface area contributed by atoms with E-state index in [0.717, 1.165) is 26.1 Å². The number of rotatable bonds is 2. The molecule has 2 heterocycles. The Morgan fingerprint density at radius 2 is 2.45 bits per heavy atom. The van der Waals surface area contributed by atoms with Gasteiger partial charge in [0.1, 0.15) is 0 Å². The first-order valence-corrected chi connectivity index (χ1v) is 4.15. The lowest BCUT2D eigenvalue weighted by Gasteiger charge is -2.13. The standard InChI is InChI=1S/C8H13NO2/c1-6-2-8(10)9(3-6)4-7-5-11-7/h6-7H,2-5H2,1H3. The molecule has 2 aliphatic heterocycles. The maximum absolute atomic E-state index is 11.2. The summed E-state index contributed by atoms with van der Waals surface area (Å²) in [5.41, 5.74) is 0. The van der Waals surface area contributed by atoms with E-state index >= 15 is 0 Å². The number of amides is 1. The van der Waals surface area contributed by atoms with E-state index in [1.807, 2.05) is 4.90 Å². The molecule has 2 atom stereocenters. The molecule has 11 heavy (non-hydrogen) atoms. The summed E-state index contributed by atoms with van der Waals surface area (Å²) in [5.74, 6) is 0.842. The van der Waals surface area contributed by atoms with Gasteiger partial charge < -0.3 is 9.64 Å². The zero-order valence-electron chi connectivity index (χ0n) is 6.75. The van der Waals surface area contributed by atoms with Crippen LogP contribution in [-0.2, 0) is 9.53 Å². The van der Waals surface area contributed by atoms with Crippen LogP contribution in [0.5, 0.6) is 0 Å². The van der Waals surface area contributed by atoms with Gasteiger partial charge in [-0.2, -0.15) is 0 Å². The Balaban J connectivity index is 1.87. The summed E-state index contributed by atoms with van der Waals surface area (Å²) < 4.78 is 5.06. The first kappa shape index (κ1) is 7.10. The third kappa shape index (κ3) is 1.53. The highest BCUT2D eigenvalue weighted by Gasteiger charge is 2.32. The lowest BCUT2D eigenvalue weighted by molar-refractivity contribution is -0.127. The van der Waals surface area contributed by atoms with Crippen molar-refractivity contribution in [3.8, 4) is 0 Å². The van der Waals surface area contributed by atoms with Crippen molar-refractivity contribution >= 4 is 5.91 Å². The fourth-order valence-corrected chi connectivity index (χ4v) is 1.57. The van der Waals surface area contributed by atoms with E-state index in [1.165, 1.54) is 0 Å². The molecule has 62 valence electrons. The van der Waals surface area contributed by atoms with Gasteiger partial charge in [0, 0.05) is 19.5 Å². The molecule has 2 saturated heterocycles. The molecule has 2 fully saturated rings. The van der Waals surface area contributed by atoms with Crippen LogP contribution in [0.15, 0.2) is 0 Å². The van der Waals surface area contributed by atoms with Crippen LogP contribution in [0.25, 0.3) is 0 Å². The first-order valence-electron chi connectivity index (χ1n) is 4.15. The highest BCUT2D eigenvalue weighted by Crippen LogP contribution is 2.20. The van der Waals surface area contributed by atoms with Gasteiger partial charge in [0.05, 0.1) is 12.7 Å². The van der Waals surface area contributed by atoms with Gasteiger partial charge in [-0.25, -0.2) is 0 Å². The minimum Gasteiger partial charge on any atom is -0.371 e. The quantitative estimate of drug-likeness (QED) is 0.536. The van der Waals surface area contributed by atoms with Gasteiger partial charge in [-0.05, 0) is 5.92 Å². The van der Waals surface area contributed by atoms with Crippen LogP contribution >= 0.6 is 0 Å². The van der Waals surface area contributed by atoms with Crippen molar-refractivity contribution in [3.05, 3.63) is 0 Å². The number of carbonyl (C=O) groups is 1. The summed E-state index contributed by atoms with van der Waals surface area (Å²) in [6, 6.07) is 0. The molecule has 0 radical (unpaired) electrons. The van der Waals surface area contributed by atoms with Crippen molar-refractivity contribution < 1.29 is 9.53 Å². The van der Waals surface area contributed by atoms with Crippen LogP contribution in [0, 0.1) is 5.92 Å². The predicted octanol–water partition coefficient (Wildman–Crippen LogP) is 0.254. The Morgan fingerprint density at radius 1 is 1.73 bits per heavy atom. The molecule has 0 aromatic heterocycles. The van der Waals surface area contributed by atoms with Crippen LogP contribution in [0.3, 0.4) is 0 Å². The fraction of sp³-hybridized carbons (Fsp3) is 0.875. The summed E-state index contributed by atoms with van der Waals surface area (Å²) in [6.45, 7) is 4.71.